The Hall–Kier alpha value is -2.49. The minimum atomic E-state index is -0.940. The molecule has 1 aromatic rings. The Balaban J connectivity index is 1.95. The number of carbonyl (C=O) groups is 2. The van der Waals surface area contributed by atoms with Gasteiger partial charge < -0.3 is 5.11 Å². The van der Waals surface area contributed by atoms with Crippen molar-refractivity contribution < 1.29 is 14.7 Å². The number of allylic oxidation sites excluding steroid dienone is 3. The molecule has 1 N–H and O–H groups in total. The zero-order chi connectivity index (χ0) is 16.8. The van der Waals surface area contributed by atoms with Crippen LogP contribution in [0.4, 0.5) is 0 Å². The van der Waals surface area contributed by atoms with Crippen LogP contribution in [-0.4, -0.2) is 22.6 Å². The van der Waals surface area contributed by atoms with Crippen molar-refractivity contribution in [2.75, 3.05) is 0 Å². The van der Waals surface area contributed by atoms with E-state index in [0.717, 1.165) is 29.0 Å². The average Bonchev–Trinajstić information content (AvgIpc) is 2.75. The summed E-state index contributed by atoms with van der Waals surface area (Å²) in [4.78, 5) is 28.2. The van der Waals surface area contributed by atoms with Gasteiger partial charge in [0.05, 0.1) is 5.56 Å². The minimum absolute atomic E-state index is 0.0245. The summed E-state index contributed by atoms with van der Waals surface area (Å²) in [5, 5.41) is 8.99. The normalized spacial score (nSPS) is 23.8. The predicted molar refractivity (Wildman–Crippen MR) is 88.7 cm³/mol. The summed E-state index contributed by atoms with van der Waals surface area (Å²) >= 11 is 0. The van der Waals surface area contributed by atoms with E-state index in [9.17, 15) is 9.59 Å². The fourth-order valence-corrected chi connectivity index (χ4v) is 3.39. The molecule has 0 fully saturated rings. The second-order valence-electron chi connectivity index (χ2n) is 6.46. The van der Waals surface area contributed by atoms with Crippen molar-refractivity contribution in [3.8, 4) is 0 Å². The number of ketones is 1. The number of nitrogens with zero attached hydrogens (tertiary/aromatic N) is 1. The van der Waals surface area contributed by atoms with Gasteiger partial charge >= 0.3 is 5.97 Å². The molecule has 0 spiro atoms. The van der Waals surface area contributed by atoms with Crippen molar-refractivity contribution in [1.82, 2.24) is 0 Å². The molecule has 1 aliphatic carbocycles. The van der Waals surface area contributed by atoms with Crippen LogP contribution >= 0.6 is 0 Å². The number of hydrogen-bond donors (Lipinski definition) is 1. The highest BCUT2D eigenvalue weighted by molar-refractivity contribution is 6.16. The third kappa shape index (κ3) is 2.44. The van der Waals surface area contributed by atoms with Crippen molar-refractivity contribution >= 4 is 17.5 Å². The molecule has 0 saturated heterocycles. The number of carboxylic acids is 1. The number of benzene rings is 1. The molecule has 4 nitrogen and oxygen atoms in total. The van der Waals surface area contributed by atoms with Gasteiger partial charge in [-0.2, -0.15) is 0 Å². The van der Waals surface area contributed by atoms with E-state index in [1.807, 2.05) is 26.0 Å². The second kappa shape index (κ2) is 5.30. The van der Waals surface area contributed by atoms with Gasteiger partial charge in [0.2, 0.25) is 0 Å². The van der Waals surface area contributed by atoms with Gasteiger partial charge in [0.15, 0.2) is 5.78 Å². The van der Waals surface area contributed by atoms with E-state index >= 15 is 0 Å². The first-order valence-electron chi connectivity index (χ1n) is 7.67. The van der Waals surface area contributed by atoms with Gasteiger partial charge in [-0.3, -0.25) is 9.79 Å². The first kappa shape index (κ1) is 15.4. The van der Waals surface area contributed by atoms with Crippen LogP contribution in [-0.2, 0) is 11.2 Å². The molecule has 0 radical (unpaired) electrons. The molecule has 1 aliphatic heterocycles. The van der Waals surface area contributed by atoms with Crippen LogP contribution in [0.25, 0.3) is 0 Å². The van der Waals surface area contributed by atoms with E-state index in [0.29, 0.717) is 18.4 Å². The molecule has 118 valence electrons. The smallest absolute Gasteiger partial charge is 0.335 e. The summed E-state index contributed by atoms with van der Waals surface area (Å²) in [6.45, 7) is 7.88. The molecule has 0 aromatic heterocycles. The predicted octanol–water partition coefficient (Wildman–Crippen LogP) is 3.58. The molecular formula is C19H19NO3. The summed E-state index contributed by atoms with van der Waals surface area (Å²) in [5.74, 6) is -0.915. The Labute approximate surface area is 135 Å². The number of rotatable bonds is 3. The van der Waals surface area contributed by atoms with Crippen LogP contribution in [0.1, 0.15) is 42.6 Å². The fraction of sp³-hybridized carbons (Fsp3) is 0.316. The van der Waals surface area contributed by atoms with Gasteiger partial charge in [-0.05, 0) is 56.4 Å². The van der Waals surface area contributed by atoms with E-state index < -0.39 is 11.4 Å². The maximum atomic E-state index is 12.6. The molecule has 1 unspecified atom stereocenters. The summed E-state index contributed by atoms with van der Waals surface area (Å²) in [5.41, 5.74) is 4.06. The number of carbonyl (C=O) groups excluding carboxylic acids is 1. The zero-order valence-electron chi connectivity index (χ0n) is 13.3. The molecule has 1 aromatic carbocycles. The highest BCUT2D eigenvalue weighted by atomic mass is 16.4. The van der Waals surface area contributed by atoms with Crippen molar-refractivity contribution in [3.63, 3.8) is 0 Å². The summed E-state index contributed by atoms with van der Waals surface area (Å²) in [7, 11) is 0. The molecule has 1 heterocycles. The van der Waals surface area contributed by atoms with E-state index in [1.165, 1.54) is 0 Å². The summed E-state index contributed by atoms with van der Waals surface area (Å²) < 4.78 is 0. The Morgan fingerprint density at radius 2 is 1.96 bits per heavy atom. The number of Topliss-reactive ketones (excluding diaryl/α,β-unsaturated/α-hetero) is 1. The van der Waals surface area contributed by atoms with Crippen LogP contribution in [0.3, 0.4) is 0 Å². The Morgan fingerprint density at radius 1 is 1.30 bits per heavy atom. The summed E-state index contributed by atoms with van der Waals surface area (Å²) in [6, 6.07) is 6.81. The van der Waals surface area contributed by atoms with Crippen LogP contribution in [0.2, 0.25) is 0 Å². The van der Waals surface area contributed by atoms with E-state index in [1.54, 1.807) is 12.1 Å². The van der Waals surface area contributed by atoms with Crippen LogP contribution in [0, 0.1) is 5.41 Å². The van der Waals surface area contributed by atoms with Gasteiger partial charge in [-0.1, -0.05) is 18.7 Å². The lowest BCUT2D eigenvalue weighted by Crippen LogP contribution is -2.33. The molecule has 3 rings (SSSR count). The SMILES string of the molecule is C=C1CCC2=C(C1=O)C(C)(Cc1ccc(C(=O)O)cc1)C(C)=N2. The van der Waals surface area contributed by atoms with Crippen LogP contribution in [0.5, 0.6) is 0 Å². The first-order chi connectivity index (χ1) is 10.8. The van der Waals surface area contributed by atoms with E-state index in [2.05, 4.69) is 11.6 Å². The highest BCUT2D eigenvalue weighted by Crippen LogP contribution is 2.45. The lowest BCUT2D eigenvalue weighted by atomic mass is 9.70. The standard InChI is InChI=1S/C19H19NO3/c1-11-4-9-15-16(17(11)21)19(3,12(2)20-15)10-13-5-7-14(8-6-13)18(22)23/h5-8H,1,4,9-10H2,2-3H3,(H,22,23). The topological polar surface area (TPSA) is 66.7 Å². The molecule has 4 heteroatoms. The van der Waals surface area contributed by atoms with Crippen molar-refractivity contribution in [2.45, 2.75) is 33.1 Å². The number of carboxylic acid groups (broad SMARTS) is 1. The molecule has 0 amide bonds. The Bertz CT molecular complexity index is 783. The zero-order valence-corrected chi connectivity index (χ0v) is 13.3. The molecule has 1 atom stereocenters. The molecular weight excluding hydrogens is 290 g/mol. The largest absolute Gasteiger partial charge is 0.478 e. The molecule has 0 saturated carbocycles. The van der Waals surface area contributed by atoms with Gasteiger partial charge in [-0.15, -0.1) is 0 Å². The van der Waals surface area contributed by atoms with E-state index in [4.69, 9.17) is 5.11 Å². The number of aliphatic imine (C=N–C) groups is 1. The van der Waals surface area contributed by atoms with Crippen molar-refractivity contribution in [3.05, 3.63) is 58.8 Å². The maximum Gasteiger partial charge on any atom is 0.335 e. The minimum Gasteiger partial charge on any atom is -0.478 e. The van der Waals surface area contributed by atoms with Crippen molar-refractivity contribution in [1.29, 1.82) is 0 Å². The Kier molecular flexibility index (Phi) is 3.55. The maximum absolute atomic E-state index is 12.6. The molecule has 23 heavy (non-hydrogen) atoms. The second-order valence-corrected chi connectivity index (χ2v) is 6.46. The number of aromatic carboxylic acids is 1. The van der Waals surface area contributed by atoms with E-state index in [-0.39, 0.29) is 11.3 Å². The summed E-state index contributed by atoms with van der Waals surface area (Å²) in [6.07, 6.45) is 2.07. The first-order valence-corrected chi connectivity index (χ1v) is 7.67. The molecule has 0 bridgehead atoms. The highest BCUT2D eigenvalue weighted by Gasteiger charge is 2.44. The van der Waals surface area contributed by atoms with Crippen molar-refractivity contribution in [2.24, 2.45) is 10.4 Å². The average molecular weight is 309 g/mol. The third-order valence-electron chi connectivity index (χ3n) is 4.91. The third-order valence-corrected chi connectivity index (χ3v) is 4.91. The molecule has 2 aliphatic rings. The van der Waals surface area contributed by atoms with Gasteiger partial charge in [-0.25, -0.2) is 4.79 Å². The number of hydrogen-bond acceptors (Lipinski definition) is 3. The van der Waals surface area contributed by atoms with Gasteiger partial charge in [0.25, 0.3) is 0 Å². The quantitative estimate of drug-likeness (QED) is 0.868. The van der Waals surface area contributed by atoms with Gasteiger partial charge in [0, 0.05) is 22.4 Å². The fourth-order valence-electron chi connectivity index (χ4n) is 3.39. The van der Waals surface area contributed by atoms with Gasteiger partial charge in [0.1, 0.15) is 0 Å². The van der Waals surface area contributed by atoms with Crippen LogP contribution < -0.4 is 0 Å². The Morgan fingerprint density at radius 3 is 2.57 bits per heavy atom. The monoisotopic (exact) mass is 309 g/mol. The lowest BCUT2D eigenvalue weighted by Gasteiger charge is -2.30. The lowest BCUT2D eigenvalue weighted by molar-refractivity contribution is -0.113. The van der Waals surface area contributed by atoms with Crippen LogP contribution in [0.15, 0.2) is 52.7 Å².